The van der Waals surface area contributed by atoms with Crippen LogP contribution in [0, 0.1) is 5.92 Å². The van der Waals surface area contributed by atoms with Crippen molar-refractivity contribution in [3.8, 4) is 0 Å². The highest BCUT2D eigenvalue weighted by Crippen LogP contribution is 2.41. The second kappa shape index (κ2) is 9.33. The van der Waals surface area contributed by atoms with E-state index in [9.17, 15) is 9.59 Å². The summed E-state index contributed by atoms with van der Waals surface area (Å²) in [6, 6.07) is 7.55. The lowest BCUT2D eigenvalue weighted by molar-refractivity contribution is -0.126. The average molecular weight is 455 g/mol. The maximum absolute atomic E-state index is 13.3. The molecule has 1 aliphatic heterocycles. The SMILES string of the molecule is COC1=CC=C(OC)C2C=C(CCNC(=O)C3(c4ccc(Cl)cc4)CCCC3)C(=O)N=C12. The van der Waals surface area contributed by atoms with E-state index in [0.717, 1.165) is 31.2 Å². The van der Waals surface area contributed by atoms with Crippen molar-refractivity contribution in [1.29, 1.82) is 0 Å². The van der Waals surface area contributed by atoms with E-state index in [1.54, 1.807) is 20.3 Å². The van der Waals surface area contributed by atoms with Gasteiger partial charge in [-0.25, -0.2) is 4.99 Å². The summed E-state index contributed by atoms with van der Waals surface area (Å²) >= 11 is 6.04. The normalized spacial score (nSPS) is 21.6. The Hall–Kier alpha value is -2.86. The minimum absolute atomic E-state index is 0.00474. The fraction of sp³-hybridized carbons (Fsp3) is 0.400. The third kappa shape index (κ3) is 4.11. The van der Waals surface area contributed by atoms with Crippen molar-refractivity contribution in [3.63, 3.8) is 0 Å². The van der Waals surface area contributed by atoms with Crippen LogP contribution < -0.4 is 5.32 Å². The van der Waals surface area contributed by atoms with Crippen LogP contribution in [0.5, 0.6) is 0 Å². The monoisotopic (exact) mass is 454 g/mol. The number of carbonyl (C=O) groups is 2. The van der Waals surface area contributed by atoms with Gasteiger partial charge in [-0.05, 0) is 49.1 Å². The Kier molecular flexibility index (Phi) is 6.51. The van der Waals surface area contributed by atoms with E-state index in [1.807, 2.05) is 36.4 Å². The molecule has 4 rings (SSSR count). The quantitative estimate of drug-likeness (QED) is 0.668. The second-order valence-corrected chi connectivity index (χ2v) is 8.72. The predicted molar refractivity (Wildman–Crippen MR) is 123 cm³/mol. The number of allylic oxidation sites excluding steroid dienone is 4. The number of aliphatic imine (C=N–C) groups is 1. The summed E-state index contributed by atoms with van der Waals surface area (Å²) in [7, 11) is 3.15. The van der Waals surface area contributed by atoms with Gasteiger partial charge in [0.2, 0.25) is 5.91 Å². The Labute approximate surface area is 193 Å². The van der Waals surface area contributed by atoms with Crippen molar-refractivity contribution in [2.24, 2.45) is 10.9 Å². The van der Waals surface area contributed by atoms with Crippen LogP contribution >= 0.6 is 11.6 Å². The summed E-state index contributed by atoms with van der Waals surface area (Å²) in [5.74, 6) is 0.688. The molecule has 6 nitrogen and oxygen atoms in total. The number of fused-ring (bicyclic) bond motifs is 1. The predicted octanol–water partition coefficient (Wildman–Crippen LogP) is 4.26. The molecule has 2 amide bonds. The Balaban J connectivity index is 1.45. The van der Waals surface area contributed by atoms with Gasteiger partial charge in [0.1, 0.15) is 17.2 Å². The van der Waals surface area contributed by atoms with Crippen LogP contribution in [0.4, 0.5) is 0 Å². The zero-order chi connectivity index (χ0) is 22.7. The maximum Gasteiger partial charge on any atom is 0.273 e. The molecule has 0 radical (unpaired) electrons. The number of hydrogen-bond acceptors (Lipinski definition) is 4. The Morgan fingerprint density at radius 3 is 2.53 bits per heavy atom. The zero-order valence-electron chi connectivity index (χ0n) is 18.3. The van der Waals surface area contributed by atoms with Crippen LogP contribution in [-0.2, 0) is 24.5 Å². The largest absolute Gasteiger partial charge is 0.500 e. The fourth-order valence-corrected chi connectivity index (χ4v) is 4.93. The summed E-state index contributed by atoms with van der Waals surface area (Å²) in [4.78, 5) is 30.1. The Morgan fingerprint density at radius 1 is 1.16 bits per heavy atom. The van der Waals surface area contributed by atoms with E-state index < -0.39 is 5.41 Å². The van der Waals surface area contributed by atoms with Crippen LogP contribution in [0.15, 0.2) is 64.6 Å². The van der Waals surface area contributed by atoms with Gasteiger partial charge in [-0.15, -0.1) is 0 Å². The molecule has 2 aliphatic carbocycles. The standard InChI is InChI=1S/C25H27ClN2O4/c1-31-20-9-10-21(32-2)22-19(20)15-16(23(29)28-22)11-14-27-24(30)25(12-3-4-13-25)17-5-7-18(26)8-6-17/h5-10,15,19H,3-4,11-14H2,1-2H3,(H,27,30). The molecule has 1 heterocycles. The van der Waals surface area contributed by atoms with Gasteiger partial charge in [0.05, 0.1) is 25.6 Å². The van der Waals surface area contributed by atoms with E-state index in [1.165, 1.54) is 0 Å². The van der Waals surface area contributed by atoms with Crippen molar-refractivity contribution in [1.82, 2.24) is 5.32 Å². The number of benzene rings is 1. The molecule has 0 aromatic heterocycles. The lowest BCUT2D eigenvalue weighted by Crippen LogP contribution is -2.43. The summed E-state index contributed by atoms with van der Waals surface area (Å²) in [6.45, 7) is 0.363. The number of rotatable bonds is 7. The first-order chi connectivity index (χ1) is 15.5. The number of methoxy groups -OCH3 is 2. The molecule has 0 spiro atoms. The molecule has 1 saturated carbocycles. The first kappa shape index (κ1) is 22.3. The minimum Gasteiger partial charge on any atom is -0.500 e. The van der Waals surface area contributed by atoms with Crippen molar-refractivity contribution >= 4 is 29.1 Å². The van der Waals surface area contributed by atoms with E-state index in [2.05, 4.69) is 10.3 Å². The van der Waals surface area contributed by atoms with Crippen LogP contribution in [-0.4, -0.2) is 38.3 Å². The van der Waals surface area contributed by atoms with E-state index in [4.69, 9.17) is 21.1 Å². The van der Waals surface area contributed by atoms with E-state index in [-0.39, 0.29) is 17.7 Å². The molecule has 7 heteroatoms. The Bertz CT molecular complexity index is 1030. The number of hydrogen-bond donors (Lipinski definition) is 1. The number of nitrogens with zero attached hydrogens (tertiary/aromatic N) is 1. The summed E-state index contributed by atoms with van der Waals surface area (Å²) in [5, 5.41) is 3.72. The molecule has 3 aliphatic rings. The highest BCUT2D eigenvalue weighted by atomic mass is 35.5. The van der Waals surface area contributed by atoms with Crippen LogP contribution in [0.2, 0.25) is 5.02 Å². The van der Waals surface area contributed by atoms with Crippen molar-refractivity contribution in [2.75, 3.05) is 20.8 Å². The molecule has 1 atom stereocenters. The van der Waals surface area contributed by atoms with Gasteiger partial charge in [0, 0.05) is 17.1 Å². The molecular weight excluding hydrogens is 428 g/mol. The van der Waals surface area contributed by atoms with Gasteiger partial charge in [0.15, 0.2) is 0 Å². The molecule has 1 fully saturated rings. The molecular formula is C25H27ClN2O4. The van der Waals surface area contributed by atoms with Crippen LogP contribution in [0.3, 0.4) is 0 Å². The molecule has 1 aromatic rings. The first-order valence-electron chi connectivity index (χ1n) is 10.9. The molecule has 1 aromatic carbocycles. The lowest BCUT2D eigenvalue weighted by Gasteiger charge is -2.29. The van der Waals surface area contributed by atoms with Crippen LogP contribution in [0.1, 0.15) is 37.7 Å². The number of ether oxygens (including phenoxy) is 2. The lowest BCUT2D eigenvalue weighted by atomic mass is 9.78. The van der Waals surface area contributed by atoms with E-state index in [0.29, 0.717) is 40.8 Å². The smallest absolute Gasteiger partial charge is 0.273 e. The highest BCUT2D eigenvalue weighted by molar-refractivity contribution is 6.30. The molecule has 1 N–H and O–H groups in total. The zero-order valence-corrected chi connectivity index (χ0v) is 19.1. The molecule has 0 bridgehead atoms. The first-order valence-corrected chi connectivity index (χ1v) is 11.2. The third-order valence-corrected chi connectivity index (χ3v) is 6.79. The number of dihydropyridines is 1. The van der Waals surface area contributed by atoms with Crippen molar-refractivity contribution < 1.29 is 19.1 Å². The number of amides is 2. The molecule has 32 heavy (non-hydrogen) atoms. The van der Waals surface area contributed by atoms with Gasteiger partial charge < -0.3 is 14.8 Å². The van der Waals surface area contributed by atoms with E-state index >= 15 is 0 Å². The molecule has 168 valence electrons. The number of halogens is 1. The van der Waals surface area contributed by atoms with Gasteiger partial charge >= 0.3 is 0 Å². The maximum atomic E-state index is 13.3. The summed E-state index contributed by atoms with van der Waals surface area (Å²) in [6.07, 6.45) is 9.49. The molecule has 0 saturated heterocycles. The van der Waals surface area contributed by atoms with Crippen LogP contribution in [0.25, 0.3) is 0 Å². The molecule has 1 unspecified atom stereocenters. The topological polar surface area (TPSA) is 77.0 Å². The fourth-order valence-electron chi connectivity index (χ4n) is 4.81. The summed E-state index contributed by atoms with van der Waals surface area (Å²) < 4.78 is 10.8. The average Bonchev–Trinajstić information content (AvgIpc) is 3.30. The van der Waals surface area contributed by atoms with Crippen molar-refractivity contribution in [3.05, 3.63) is 70.2 Å². The minimum atomic E-state index is -0.533. The highest BCUT2D eigenvalue weighted by Gasteiger charge is 2.42. The third-order valence-electron chi connectivity index (χ3n) is 6.54. The van der Waals surface area contributed by atoms with Gasteiger partial charge in [-0.1, -0.05) is 42.7 Å². The number of nitrogens with one attached hydrogen (secondary N) is 1. The summed E-state index contributed by atoms with van der Waals surface area (Å²) in [5.41, 5.74) is 1.58. The van der Waals surface area contributed by atoms with Gasteiger partial charge in [-0.2, -0.15) is 0 Å². The van der Waals surface area contributed by atoms with Gasteiger partial charge in [-0.3, -0.25) is 9.59 Å². The van der Waals surface area contributed by atoms with Crippen molar-refractivity contribution in [2.45, 2.75) is 37.5 Å². The second-order valence-electron chi connectivity index (χ2n) is 8.28. The van der Waals surface area contributed by atoms with Gasteiger partial charge in [0.25, 0.3) is 5.91 Å². The Morgan fingerprint density at radius 2 is 1.88 bits per heavy atom. The number of carbonyl (C=O) groups excluding carboxylic acids is 2.